The maximum absolute atomic E-state index is 11.4. The first kappa shape index (κ1) is 15.1. The lowest BCUT2D eigenvalue weighted by atomic mass is 10.1. The predicted molar refractivity (Wildman–Crippen MR) is 65.2 cm³/mol. The highest BCUT2D eigenvalue weighted by atomic mass is 16.1. The summed E-state index contributed by atoms with van der Waals surface area (Å²) in [7, 11) is 1.89. The molecule has 4 nitrogen and oxygen atoms in total. The van der Waals surface area contributed by atoms with Crippen LogP contribution in [0, 0.1) is 11.8 Å². The van der Waals surface area contributed by atoms with Gasteiger partial charge in [-0.15, -0.1) is 0 Å². The van der Waals surface area contributed by atoms with Gasteiger partial charge in [0, 0.05) is 24.9 Å². The lowest BCUT2D eigenvalue weighted by molar-refractivity contribution is -0.124. The van der Waals surface area contributed by atoms with Crippen molar-refractivity contribution in [3.05, 3.63) is 0 Å². The van der Waals surface area contributed by atoms with E-state index in [2.05, 4.69) is 5.32 Å². The van der Waals surface area contributed by atoms with E-state index in [9.17, 15) is 9.59 Å². The Kier molecular flexibility index (Phi) is 6.97. The Balaban J connectivity index is 3.70. The molecule has 0 heterocycles. The van der Waals surface area contributed by atoms with Gasteiger partial charge in [-0.2, -0.15) is 0 Å². The van der Waals surface area contributed by atoms with Gasteiger partial charge in [0.05, 0.1) is 6.54 Å². The van der Waals surface area contributed by atoms with Crippen LogP contribution in [-0.4, -0.2) is 43.3 Å². The number of carbonyl (C=O) groups is 2. The highest BCUT2D eigenvalue weighted by molar-refractivity contribution is 5.82. The second-order valence-corrected chi connectivity index (χ2v) is 4.80. The Morgan fingerprint density at radius 1 is 1.12 bits per heavy atom. The molecule has 0 unspecified atom stereocenters. The number of ketones is 1. The summed E-state index contributed by atoms with van der Waals surface area (Å²) >= 11 is 0. The zero-order chi connectivity index (χ0) is 12.7. The van der Waals surface area contributed by atoms with Gasteiger partial charge in [-0.25, -0.2) is 0 Å². The minimum atomic E-state index is 0.0163. The van der Waals surface area contributed by atoms with Crippen LogP contribution in [0.3, 0.4) is 0 Å². The van der Waals surface area contributed by atoms with E-state index in [4.69, 9.17) is 0 Å². The van der Waals surface area contributed by atoms with Gasteiger partial charge >= 0.3 is 0 Å². The summed E-state index contributed by atoms with van der Waals surface area (Å²) in [6.45, 7) is 9.28. The first-order valence-corrected chi connectivity index (χ1v) is 5.83. The van der Waals surface area contributed by atoms with E-state index >= 15 is 0 Å². The number of carbonyl (C=O) groups excluding carboxylic acids is 2. The van der Waals surface area contributed by atoms with Crippen LogP contribution in [0.4, 0.5) is 0 Å². The molecular formula is C12H24N2O2. The molecule has 1 amide bonds. The molecule has 0 radical (unpaired) electrons. The molecule has 0 aromatic heterocycles. The Hall–Kier alpha value is -0.900. The highest BCUT2D eigenvalue weighted by Gasteiger charge is 2.11. The SMILES string of the molecule is CC(C)C(=O)CN(C)CCNC(=O)C(C)C. The van der Waals surface area contributed by atoms with Crippen LogP contribution in [0.1, 0.15) is 27.7 Å². The van der Waals surface area contributed by atoms with Crippen LogP contribution >= 0.6 is 0 Å². The number of nitrogens with zero attached hydrogens (tertiary/aromatic N) is 1. The van der Waals surface area contributed by atoms with Crippen molar-refractivity contribution in [1.82, 2.24) is 10.2 Å². The van der Waals surface area contributed by atoms with Gasteiger partial charge in [0.2, 0.25) is 5.91 Å². The van der Waals surface area contributed by atoms with Crippen molar-refractivity contribution in [3.63, 3.8) is 0 Å². The summed E-state index contributed by atoms with van der Waals surface area (Å²) in [4.78, 5) is 24.6. The van der Waals surface area contributed by atoms with E-state index in [1.54, 1.807) is 0 Å². The van der Waals surface area contributed by atoms with E-state index < -0.39 is 0 Å². The maximum atomic E-state index is 11.4. The minimum Gasteiger partial charge on any atom is -0.355 e. The third-order valence-corrected chi connectivity index (χ3v) is 2.39. The summed E-state index contributed by atoms with van der Waals surface area (Å²) in [5, 5.41) is 2.82. The Bertz CT molecular complexity index is 237. The topological polar surface area (TPSA) is 49.4 Å². The summed E-state index contributed by atoms with van der Waals surface area (Å²) in [5.41, 5.74) is 0. The Morgan fingerprint density at radius 3 is 2.12 bits per heavy atom. The molecule has 1 N–H and O–H groups in total. The van der Waals surface area contributed by atoms with Gasteiger partial charge in [0.15, 0.2) is 0 Å². The van der Waals surface area contributed by atoms with Gasteiger partial charge in [-0.3, -0.25) is 14.5 Å². The average Bonchev–Trinajstić information content (AvgIpc) is 2.16. The summed E-state index contributed by atoms with van der Waals surface area (Å²) in [6.07, 6.45) is 0. The number of amides is 1. The van der Waals surface area contributed by atoms with Crippen molar-refractivity contribution in [2.45, 2.75) is 27.7 Å². The zero-order valence-electron chi connectivity index (χ0n) is 11.0. The predicted octanol–water partition coefficient (Wildman–Crippen LogP) is 0.915. The van der Waals surface area contributed by atoms with Crippen molar-refractivity contribution in [2.75, 3.05) is 26.7 Å². The third kappa shape index (κ3) is 6.56. The van der Waals surface area contributed by atoms with E-state index in [1.807, 2.05) is 39.6 Å². The fraction of sp³-hybridized carbons (Fsp3) is 0.833. The van der Waals surface area contributed by atoms with Crippen molar-refractivity contribution in [3.8, 4) is 0 Å². The molecule has 0 bridgehead atoms. The van der Waals surface area contributed by atoms with E-state index in [1.165, 1.54) is 0 Å². The van der Waals surface area contributed by atoms with Crippen molar-refractivity contribution in [2.24, 2.45) is 11.8 Å². The fourth-order valence-electron chi connectivity index (χ4n) is 1.10. The number of Topliss-reactive ketones (excluding diaryl/α,β-unsaturated/α-hetero) is 1. The Labute approximate surface area is 98.4 Å². The van der Waals surface area contributed by atoms with Crippen LogP contribution in [-0.2, 0) is 9.59 Å². The first-order chi connectivity index (χ1) is 7.34. The van der Waals surface area contributed by atoms with Crippen LogP contribution in [0.25, 0.3) is 0 Å². The standard InChI is InChI=1S/C12H24N2O2/c1-9(2)11(15)8-14(5)7-6-13-12(16)10(3)4/h9-10H,6-8H2,1-5H3,(H,13,16). The molecule has 4 heteroatoms. The molecule has 0 aromatic rings. The molecule has 0 atom stereocenters. The minimum absolute atomic E-state index is 0.0163. The number of likely N-dealkylation sites (N-methyl/N-ethyl adjacent to an activating group) is 1. The molecule has 0 rings (SSSR count). The van der Waals surface area contributed by atoms with Gasteiger partial charge < -0.3 is 5.32 Å². The van der Waals surface area contributed by atoms with Gasteiger partial charge in [0.25, 0.3) is 0 Å². The molecule has 0 aromatic carbocycles. The normalized spacial score (nSPS) is 11.2. The number of rotatable bonds is 7. The second kappa shape index (κ2) is 7.39. The number of nitrogens with one attached hydrogen (secondary N) is 1. The quantitative estimate of drug-likeness (QED) is 0.705. The molecule has 0 aliphatic carbocycles. The smallest absolute Gasteiger partial charge is 0.222 e. The Morgan fingerprint density at radius 2 is 1.69 bits per heavy atom. The molecule has 0 aliphatic rings. The lowest BCUT2D eigenvalue weighted by Crippen LogP contribution is -2.37. The van der Waals surface area contributed by atoms with E-state index in [-0.39, 0.29) is 23.5 Å². The number of hydrogen-bond donors (Lipinski definition) is 1. The van der Waals surface area contributed by atoms with E-state index in [0.717, 1.165) is 0 Å². The van der Waals surface area contributed by atoms with Crippen LogP contribution < -0.4 is 5.32 Å². The molecule has 94 valence electrons. The molecule has 0 fully saturated rings. The summed E-state index contributed by atoms with van der Waals surface area (Å²) < 4.78 is 0. The van der Waals surface area contributed by atoms with Gasteiger partial charge in [0.1, 0.15) is 5.78 Å². The van der Waals surface area contributed by atoms with Crippen LogP contribution in [0.5, 0.6) is 0 Å². The van der Waals surface area contributed by atoms with Crippen LogP contribution in [0.15, 0.2) is 0 Å². The molecule has 0 aliphatic heterocycles. The van der Waals surface area contributed by atoms with Crippen molar-refractivity contribution >= 4 is 11.7 Å². The van der Waals surface area contributed by atoms with Gasteiger partial charge in [-0.1, -0.05) is 27.7 Å². The maximum Gasteiger partial charge on any atom is 0.222 e. The largest absolute Gasteiger partial charge is 0.355 e. The molecule has 0 spiro atoms. The second-order valence-electron chi connectivity index (χ2n) is 4.80. The molecule has 16 heavy (non-hydrogen) atoms. The lowest BCUT2D eigenvalue weighted by Gasteiger charge is -2.17. The average molecular weight is 228 g/mol. The summed E-state index contributed by atoms with van der Waals surface area (Å²) in [6, 6.07) is 0. The fourth-order valence-corrected chi connectivity index (χ4v) is 1.10. The highest BCUT2D eigenvalue weighted by Crippen LogP contribution is 1.96. The first-order valence-electron chi connectivity index (χ1n) is 5.83. The third-order valence-electron chi connectivity index (χ3n) is 2.39. The molecule has 0 saturated carbocycles. The van der Waals surface area contributed by atoms with E-state index in [0.29, 0.717) is 19.6 Å². The number of hydrogen-bond acceptors (Lipinski definition) is 3. The zero-order valence-corrected chi connectivity index (χ0v) is 11.0. The molecular weight excluding hydrogens is 204 g/mol. The van der Waals surface area contributed by atoms with Crippen molar-refractivity contribution in [1.29, 1.82) is 0 Å². The van der Waals surface area contributed by atoms with Crippen molar-refractivity contribution < 1.29 is 9.59 Å². The monoisotopic (exact) mass is 228 g/mol. The van der Waals surface area contributed by atoms with Gasteiger partial charge in [-0.05, 0) is 7.05 Å². The molecule has 0 saturated heterocycles. The summed E-state index contributed by atoms with van der Waals surface area (Å²) in [5.74, 6) is 0.386. The van der Waals surface area contributed by atoms with Crippen LogP contribution in [0.2, 0.25) is 0 Å².